The third-order valence-corrected chi connectivity index (χ3v) is 3.94. The van der Waals surface area contributed by atoms with Gasteiger partial charge >= 0.3 is 18.0 Å². The zero-order chi connectivity index (χ0) is 25.3. The number of nitrogens with one attached hydrogen (secondary N) is 1. The molecule has 1 aliphatic heterocycles. The van der Waals surface area contributed by atoms with E-state index in [1.807, 2.05) is 0 Å². The molecular formula is C19H28N4O10. The number of carbonyl (C=O) groups excluding carboxylic acids is 7. The molecule has 1 N–H and O–H groups in total. The maximum Gasteiger partial charge on any atom is 0.410 e. The summed E-state index contributed by atoms with van der Waals surface area (Å²) in [5.41, 5.74) is -0.759. The van der Waals surface area contributed by atoms with Crippen LogP contribution in [0.15, 0.2) is 0 Å². The van der Waals surface area contributed by atoms with Crippen LogP contribution in [0.3, 0.4) is 0 Å². The van der Waals surface area contributed by atoms with E-state index in [4.69, 9.17) is 4.74 Å². The van der Waals surface area contributed by atoms with E-state index in [1.54, 1.807) is 20.8 Å². The van der Waals surface area contributed by atoms with Crippen LogP contribution in [0.4, 0.5) is 4.79 Å². The minimum atomic E-state index is -1.15. The van der Waals surface area contributed by atoms with E-state index in [0.29, 0.717) is 5.06 Å². The Morgan fingerprint density at radius 3 is 2.03 bits per heavy atom. The summed E-state index contributed by atoms with van der Waals surface area (Å²) in [6, 6.07) is 0. The van der Waals surface area contributed by atoms with E-state index in [0.717, 1.165) is 16.9 Å². The molecule has 1 heterocycles. The van der Waals surface area contributed by atoms with E-state index >= 15 is 0 Å². The summed E-state index contributed by atoms with van der Waals surface area (Å²) < 4.78 is 9.59. The Morgan fingerprint density at radius 2 is 1.52 bits per heavy atom. The fourth-order valence-electron chi connectivity index (χ4n) is 2.36. The van der Waals surface area contributed by atoms with E-state index in [2.05, 4.69) is 14.9 Å². The van der Waals surface area contributed by atoms with Crippen molar-refractivity contribution in [2.45, 2.75) is 39.2 Å². The number of imide groups is 1. The lowest BCUT2D eigenvalue weighted by Crippen LogP contribution is -2.48. The Labute approximate surface area is 190 Å². The lowest BCUT2D eigenvalue weighted by Gasteiger charge is -2.24. The minimum Gasteiger partial charge on any atom is -0.468 e. The minimum absolute atomic E-state index is 0.110. The number of hydrogen-bond donors (Lipinski definition) is 1. The molecule has 14 heteroatoms. The monoisotopic (exact) mass is 472 g/mol. The number of likely N-dealkylation sites (N-methyl/N-ethyl adjacent to an activating group) is 1. The van der Waals surface area contributed by atoms with E-state index in [9.17, 15) is 33.6 Å². The Morgan fingerprint density at radius 1 is 0.970 bits per heavy atom. The predicted octanol–water partition coefficient (Wildman–Crippen LogP) is -1.42. The van der Waals surface area contributed by atoms with Gasteiger partial charge in [-0.25, -0.2) is 9.59 Å². The molecule has 0 radical (unpaired) electrons. The highest BCUT2D eigenvalue weighted by Crippen LogP contribution is 2.12. The zero-order valence-corrected chi connectivity index (χ0v) is 19.2. The van der Waals surface area contributed by atoms with Crippen LogP contribution in [-0.2, 0) is 43.1 Å². The highest BCUT2D eigenvalue weighted by molar-refractivity contribution is 6.01. The first-order valence-corrected chi connectivity index (χ1v) is 9.85. The smallest absolute Gasteiger partial charge is 0.410 e. The van der Waals surface area contributed by atoms with Gasteiger partial charge in [-0.15, -0.1) is 5.06 Å². The summed E-state index contributed by atoms with van der Waals surface area (Å²) in [5.74, 6) is -4.98. The largest absolute Gasteiger partial charge is 0.468 e. The lowest BCUT2D eigenvalue weighted by atomic mass is 10.2. The average Bonchev–Trinajstić information content (AvgIpc) is 3.01. The molecule has 1 aliphatic rings. The second-order valence-electron chi connectivity index (χ2n) is 7.98. The summed E-state index contributed by atoms with van der Waals surface area (Å²) in [6.07, 6.45) is -0.966. The Hall–Kier alpha value is -3.71. The van der Waals surface area contributed by atoms with E-state index in [1.165, 1.54) is 7.05 Å². The van der Waals surface area contributed by atoms with Gasteiger partial charge < -0.3 is 29.4 Å². The van der Waals surface area contributed by atoms with E-state index in [-0.39, 0.29) is 12.8 Å². The maximum absolute atomic E-state index is 12.5. The molecule has 1 rings (SSSR count). The first-order valence-electron chi connectivity index (χ1n) is 9.85. The Balaban J connectivity index is 2.65. The molecule has 1 saturated heterocycles. The van der Waals surface area contributed by atoms with Gasteiger partial charge in [0.2, 0.25) is 11.8 Å². The van der Waals surface area contributed by atoms with Crippen LogP contribution in [0, 0.1) is 0 Å². The maximum atomic E-state index is 12.5. The zero-order valence-electron chi connectivity index (χ0n) is 19.2. The van der Waals surface area contributed by atoms with Crippen LogP contribution in [-0.4, -0.2) is 102 Å². The fourth-order valence-corrected chi connectivity index (χ4v) is 2.36. The number of amides is 5. The van der Waals surface area contributed by atoms with Gasteiger partial charge in [0.25, 0.3) is 11.8 Å². The van der Waals surface area contributed by atoms with Crippen molar-refractivity contribution in [3.8, 4) is 0 Å². The van der Waals surface area contributed by atoms with Crippen LogP contribution >= 0.6 is 0 Å². The van der Waals surface area contributed by atoms with Crippen LogP contribution in [0.1, 0.15) is 33.6 Å². The molecule has 33 heavy (non-hydrogen) atoms. The first-order chi connectivity index (χ1) is 15.2. The van der Waals surface area contributed by atoms with Gasteiger partial charge in [-0.05, 0) is 20.8 Å². The molecule has 5 amide bonds. The van der Waals surface area contributed by atoms with Crippen molar-refractivity contribution >= 4 is 41.7 Å². The summed E-state index contributed by atoms with van der Waals surface area (Å²) in [4.78, 5) is 89.6. The number of rotatable bonds is 9. The number of nitrogens with zero attached hydrogens (tertiary/aromatic N) is 3. The molecule has 0 atom stereocenters. The number of methoxy groups -OCH3 is 1. The normalized spacial score (nSPS) is 13.3. The second kappa shape index (κ2) is 11.8. The summed E-state index contributed by atoms with van der Waals surface area (Å²) in [5, 5.41) is 2.56. The van der Waals surface area contributed by atoms with Gasteiger partial charge in [-0.3, -0.25) is 24.0 Å². The van der Waals surface area contributed by atoms with Gasteiger partial charge in [0, 0.05) is 19.9 Å². The first kappa shape index (κ1) is 27.3. The van der Waals surface area contributed by atoms with Gasteiger partial charge in [0.05, 0.1) is 13.7 Å². The molecule has 0 saturated carbocycles. The van der Waals surface area contributed by atoms with Crippen molar-refractivity contribution in [1.29, 1.82) is 0 Å². The third-order valence-electron chi connectivity index (χ3n) is 3.94. The quantitative estimate of drug-likeness (QED) is 0.310. The summed E-state index contributed by atoms with van der Waals surface area (Å²) >= 11 is 0. The lowest BCUT2D eigenvalue weighted by molar-refractivity contribution is -0.198. The molecular weight excluding hydrogens is 444 g/mol. The topological polar surface area (TPSA) is 169 Å². The van der Waals surface area contributed by atoms with Crippen molar-refractivity contribution in [2.24, 2.45) is 0 Å². The van der Waals surface area contributed by atoms with Gasteiger partial charge in [-0.1, -0.05) is 0 Å². The fraction of sp³-hybridized carbons (Fsp3) is 0.632. The molecule has 0 aromatic rings. The highest BCUT2D eigenvalue weighted by atomic mass is 16.7. The van der Waals surface area contributed by atoms with Crippen molar-refractivity contribution in [1.82, 2.24) is 20.2 Å². The predicted molar refractivity (Wildman–Crippen MR) is 108 cm³/mol. The average molecular weight is 472 g/mol. The second-order valence-corrected chi connectivity index (χ2v) is 7.98. The molecule has 0 unspecified atom stereocenters. The molecule has 14 nitrogen and oxygen atoms in total. The van der Waals surface area contributed by atoms with Gasteiger partial charge in [0.15, 0.2) is 0 Å². The third kappa shape index (κ3) is 9.53. The standard InChI is InChI=1S/C19H28N4O10/c1-19(2,3)32-18(30)21(4)9-12(24)20-8-15(27)22(10-16(28)31-5)11-17(29)33-23-13(25)6-7-14(23)26/h6-11H2,1-5H3,(H,20,24). The number of hydrogen-bond acceptors (Lipinski definition) is 10. The van der Waals surface area contributed by atoms with Crippen molar-refractivity contribution in [3.63, 3.8) is 0 Å². The van der Waals surface area contributed by atoms with Gasteiger partial charge in [0.1, 0.15) is 25.2 Å². The molecule has 184 valence electrons. The van der Waals surface area contributed by atoms with Crippen molar-refractivity contribution in [3.05, 3.63) is 0 Å². The summed E-state index contributed by atoms with van der Waals surface area (Å²) in [7, 11) is 2.40. The van der Waals surface area contributed by atoms with Crippen LogP contribution in [0.2, 0.25) is 0 Å². The molecule has 1 fully saturated rings. The van der Waals surface area contributed by atoms with Gasteiger partial charge in [-0.2, -0.15) is 0 Å². The van der Waals surface area contributed by atoms with Crippen molar-refractivity contribution in [2.75, 3.05) is 40.3 Å². The Bertz CT molecular complexity index is 804. The van der Waals surface area contributed by atoms with Crippen LogP contribution in [0.25, 0.3) is 0 Å². The van der Waals surface area contributed by atoms with Crippen LogP contribution < -0.4 is 5.32 Å². The summed E-state index contributed by atoms with van der Waals surface area (Å²) in [6.45, 7) is 2.50. The van der Waals surface area contributed by atoms with E-state index < -0.39 is 73.4 Å². The number of carbonyl (C=O) groups is 7. The Kier molecular flexibility index (Phi) is 9.75. The molecule has 0 aliphatic carbocycles. The molecule has 0 bridgehead atoms. The molecule has 0 aromatic carbocycles. The number of ether oxygens (including phenoxy) is 2. The molecule has 0 spiro atoms. The SMILES string of the molecule is COC(=O)CN(CC(=O)ON1C(=O)CCC1=O)C(=O)CNC(=O)CN(C)C(=O)OC(C)(C)C. The van der Waals surface area contributed by atoms with Crippen molar-refractivity contribution < 1.29 is 47.9 Å². The number of hydroxylamine groups is 2. The number of esters is 1. The highest BCUT2D eigenvalue weighted by Gasteiger charge is 2.34. The van der Waals surface area contributed by atoms with Crippen LogP contribution in [0.5, 0.6) is 0 Å². The molecule has 0 aromatic heterocycles.